The first kappa shape index (κ1) is 68.1. The molecular weight excluding hydrogens is 1440 g/mol. The molecule has 22 aromatic rings. The second kappa shape index (κ2) is 29.4. The van der Waals surface area contributed by atoms with Crippen LogP contribution in [0.3, 0.4) is 0 Å². The van der Waals surface area contributed by atoms with Crippen LogP contribution >= 0.6 is 34.0 Å². The molecule has 22 rings (SSSR count). The maximum Gasteiger partial charge on any atom is 0.0541 e. The van der Waals surface area contributed by atoms with E-state index in [1.54, 1.807) is 0 Å². The summed E-state index contributed by atoms with van der Waals surface area (Å²) < 4.78 is 10.3. The lowest BCUT2D eigenvalue weighted by Crippen LogP contribution is -2.09. The molecule has 0 bridgehead atoms. The minimum Gasteiger partial charge on any atom is -0.311 e. The Labute approximate surface area is 673 Å². The van der Waals surface area contributed by atoms with Crippen molar-refractivity contribution in [3.8, 4) is 83.6 Å². The fraction of sp³-hybridized carbons (Fsp3) is 0. The number of fused-ring (bicyclic) bond motifs is 12. The van der Waals surface area contributed by atoms with E-state index in [1.807, 2.05) is 34.0 Å². The van der Waals surface area contributed by atoms with E-state index in [-0.39, 0.29) is 0 Å². The number of para-hydroxylation sites is 3. The SMILES string of the molecule is c1ccc(-c2ccc(N(c3ccc(-c4ccccc4)cc3)c3ccc(-c4cc(-c5ccc6sc7ccccc7c6c5)c5sc6ccccc6c5c4)cc3)cc2)cc1.c1ccc(-c2ccc(N(c3ccccc3)c3ccc(-c4cc(-c5ccc6c(c5)c5ccccc5n6-c5ccccc5)c5sc6ccccc6c5c4)cc3)cc2)cc1. The Kier molecular flexibility index (Phi) is 17.5. The van der Waals surface area contributed by atoms with Gasteiger partial charge in [0, 0.05) is 122 Å². The molecule has 18 aromatic carbocycles. The van der Waals surface area contributed by atoms with Gasteiger partial charge in [0.2, 0.25) is 0 Å². The van der Waals surface area contributed by atoms with E-state index in [4.69, 9.17) is 0 Å². The summed E-state index contributed by atoms with van der Waals surface area (Å²) >= 11 is 5.65. The lowest BCUT2D eigenvalue weighted by Gasteiger charge is -2.26. The molecule has 114 heavy (non-hydrogen) atoms. The van der Waals surface area contributed by atoms with Gasteiger partial charge in [0.15, 0.2) is 0 Å². The Bertz CT molecular complexity index is 7190. The van der Waals surface area contributed by atoms with Gasteiger partial charge in [-0.1, -0.05) is 273 Å². The molecule has 4 heterocycles. The van der Waals surface area contributed by atoms with E-state index >= 15 is 0 Å². The van der Waals surface area contributed by atoms with E-state index in [9.17, 15) is 0 Å². The molecule has 0 aliphatic heterocycles. The van der Waals surface area contributed by atoms with Crippen molar-refractivity contribution in [1.82, 2.24) is 4.57 Å². The highest BCUT2D eigenvalue weighted by Gasteiger charge is 2.22. The van der Waals surface area contributed by atoms with Crippen LogP contribution in [0.2, 0.25) is 0 Å². The molecule has 0 N–H and O–H groups in total. The van der Waals surface area contributed by atoms with Crippen molar-refractivity contribution in [2.24, 2.45) is 0 Å². The second-order valence-electron chi connectivity index (χ2n) is 29.1. The van der Waals surface area contributed by atoms with Crippen LogP contribution in [0.15, 0.2) is 431 Å². The average Bonchev–Trinajstić information content (AvgIpc) is 1.59. The first-order chi connectivity index (χ1) is 56.5. The molecule has 4 aromatic heterocycles. The first-order valence-corrected chi connectivity index (χ1v) is 41.2. The number of thiophene rings is 3. The molecule has 0 saturated carbocycles. The summed E-state index contributed by atoms with van der Waals surface area (Å²) in [5, 5.41) is 10.4. The number of rotatable bonds is 14. The zero-order valence-electron chi connectivity index (χ0n) is 62.1. The van der Waals surface area contributed by atoms with Crippen LogP contribution in [0, 0.1) is 0 Å². The molecule has 0 fully saturated rings. The zero-order chi connectivity index (χ0) is 75.4. The summed E-state index contributed by atoms with van der Waals surface area (Å²) in [5.41, 5.74) is 27.3. The summed E-state index contributed by atoms with van der Waals surface area (Å²) in [5.74, 6) is 0. The van der Waals surface area contributed by atoms with E-state index < -0.39 is 0 Å². The number of hydrogen-bond acceptors (Lipinski definition) is 5. The van der Waals surface area contributed by atoms with Gasteiger partial charge in [0.25, 0.3) is 0 Å². The maximum atomic E-state index is 2.41. The molecule has 0 saturated heterocycles. The average molecular weight is 1510 g/mol. The molecule has 0 aliphatic rings. The standard InChI is InChI=1S/C54H36N2S.C54H35NS2/c1-4-14-37(15-5-1)38-24-29-44(30-25-38)55(42-16-6-2-7-17-42)45-31-26-39(27-32-45)41-35-48(54-50(36-41)47-21-11-13-23-53(47)57-54)40-28-33-52-49(34-40)46-20-10-12-22-51(46)56(52)43-18-8-3-9-19-43;1-3-11-36(12-4-1)38-19-26-43(27-20-38)55(44-28-21-39(22-29-44)37-13-5-2-6-14-37)45-30-23-40(24-31-45)42-34-48(54-50(35-42)47-16-8-10-18-52(47)57-54)41-25-32-53-49(33-41)46-15-7-9-17-51(46)56-53/h1-36H;1-35H. The summed E-state index contributed by atoms with van der Waals surface area (Å²) in [7, 11) is 0. The fourth-order valence-electron chi connectivity index (χ4n) is 16.7. The van der Waals surface area contributed by atoms with Gasteiger partial charge in [-0.25, -0.2) is 0 Å². The Morgan fingerprint density at radius 3 is 0.877 bits per heavy atom. The van der Waals surface area contributed by atoms with E-state index in [0.717, 1.165) is 34.1 Å². The highest BCUT2D eigenvalue weighted by molar-refractivity contribution is 7.27. The van der Waals surface area contributed by atoms with Crippen molar-refractivity contribution in [2.75, 3.05) is 9.80 Å². The molecular formula is C108H71N3S3. The highest BCUT2D eigenvalue weighted by Crippen LogP contribution is 2.49. The molecule has 3 nitrogen and oxygen atoms in total. The van der Waals surface area contributed by atoms with Crippen molar-refractivity contribution in [1.29, 1.82) is 0 Å². The number of hydrogen-bond donors (Lipinski definition) is 0. The van der Waals surface area contributed by atoms with Crippen LogP contribution < -0.4 is 9.80 Å². The van der Waals surface area contributed by atoms with Crippen molar-refractivity contribution in [2.45, 2.75) is 0 Å². The highest BCUT2D eigenvalue weighted by atomic mass is 32.1. The van der Waals surface area contributed by atoms with Gasteiger partial charge in [-0.15, -0.1) is 34.0 Å². The quantitative estimate of drug-likeness (QED) is 0.107. The fourth-order valence-corrected chi connectivity index (χ4v) is 20.2. The molecule has 6 heteroatoms. The smallest absolute Gasteiger partial charge is 0.0541 e. The van der Waals surface area contributed by atoms with Crippen LogP contribution in [0.25, 0.3) is 166 Å². The Morgan fingerprint density at radius 1 is 0.167 bits per heavy atom. The number of anilines is 6. The molecule has 0 amide bonds. The second-order valence-corrected chi connectivity index (χ2v) is 32.3. The molecule has 0 radical (unpaired) electrons. The van der Waals surface area contributed by atoms with Gasteiger partial charge >= 0.3 is 0 Å². The minimum absolute atomic E-state index is 1.11. The maximum absolute atomic E-state index is 2.41. The topological polar surface area (TPSA) is 11.4 Å². The van der Waals surface area contributed by atoms with Gasteiger partial charge in [-0.05, 0) is 224 Å². The Balaban J connectivity index is 0.000000143. The van der Waals surface area contributed by atoms with E-state index in [0.29, 0.717) is 0 Å². The van der Waals surface area contributed by atoms with Crippen LogP contribution in [0.4, 0.5) is 34.1 Å². The minimum atomic E-state index is 1.11. The number of aromatic nitrogens is 1. The molecule has 0 unspecified atom stereocenters. The van der Waals surface area contributed by atoms with Gasteiger partial charge in [-0.3, -0.25) is 0 Å². The summed E-state index contributed by atoms with van der Waals surface area (Å²) in [4.78, 5) is 4.69. The molecule has 0 aliphatic carbocycles. The zero-order valence-corrected chi connectivity index (χ0v) is 64.5. The van der Waals surface area contributed by atoms with Gasteiger partial charge in [-0.2, -0.15) is 0 Å². The van der Waals surface area contributed by atoms with E-state index in [2.05, 4.69) is 445 Å². The number of nitrogens with zero attached hydrogens (tertiary/aromatic N) is 3. The van der Waals surface area contributed by atoms with E-state index in [1.165, 1.54) is 166 Å². The summed E-state index contributed by atoms with van der Waals surface area (Å²) in [6, 6.07) is 157. The third-order valence-corrected chi connectivity index (χ3v) is 25.9. The molecule has 0 atom stereocenters. The van der Waals surface area contributed by atoms with Crippen molar-refractivity contribution in [3.63, 3.8) is 0 Å². The third-order valence-electron chi connectivity index (χ3n) is 22.3. The van der Waals surface area contributed by atoms with Crippen LogP contribution in [-0.2, 0) is 0 Å². The molecule has 0 spiro atoms. The van der Waals surface area contributed by atoms with Crippen LogP contribution in [0.1, 0.15) is 0 Å². The normalized spacial score (nSPS) is 11.5. The first-order valence-electron chi connectivity index (χ1n) is 38.7. The van der Waals surface area contributed by atoms with Crippen LogP contribution in [0.5, 0.6) is 0 Å². The Hall–Kier alpha value is -14.0. The third kappa shape index (κ3) is 12.7. The summed E-state index contributed by atoms with van der Waals surface area (Å²) in [6.45, 7) is 0. The lowest BCUT2D eigenvalue weighted by atomic mass is 9.95. The number of benzene rings is 18. The van der Waals surface area contributed by atoms with Gasteiger partial charge < -0.3 is 14.4 Å². The summed E-state index contributed by atoms with van der Waals surface area (Å²) in [6.07, 6.45) is 0. The largest absolute Gasteiger partial charge is 0.311 e. The van der Waals surface area contributed by atoms with Crippen molar-refractivity contribution in [3.05, 3.63) is 431 Å². The monoisotopic (exact) mass is 1510 g/mol. The molecule has 536 valence electrons. The van der Waals surface area contributed by atoms with Crippen molar-refractivity contribution < 1.29 is 0 Å². The van der Waals surface area contributed by atoms with Gasteiger partial charge in [0.1, 0.15) is 0 Å². The Morgan fingerprint density at radius 2 is 0.447 bits per heavy atom. The van der Waals surface area contributed by atoms with Crippen LogP contribution in [-0.4, -0.2) is 4.57 Å². The predicted molar refractivity (Wildman–Crippen MR) is 493 cm³/mol. The predicted octanol–water partition coefficient (Wildman–Crippen LogP) is 32.2. The van der Waals surface area contributed by atoms with Gasteiger partial charge in [0.05, 0.1) is 11.0 Å². The van der Waals surface area contributed by atoms with Crippen molar-refractivity contribution >= 4 is 150 Å². The lowest BCUT2D eigenvalue weighted by molar-refractivity contribution is 1.18.